The molecular weight excluding hydrogens is 290 g/mol. The van der Waals surface area contributed by atoms with Crippen LogP contribution in [0.2, 0.25) is 0 Å². The summed E-state index contributed by atoms with van der Waals surface area (Å²) >= 11 is 0. The summed E-state index contributed by atoms with van der Waals surface area (Å²) in [6.45, 7) is 1.73. The van der Waals surface area contributed by atoms with Crippen LogP contribution in [0.15, 0.2) is 53.4 Å². The Morgan fingerprint density at radius 1 is 1.05 bits per heavy atom. The molecule has 0 aliphatic heterocycles. The van der Waals surface area contributed by atoms with Gasteiger partial charge in [0.15, 0.2) is 0 Å². The van der Waals surface area contributed by atoms with Gasteiger partial charge in [-0.1, -0.05) is 18.2 Å². The standard InChI is InChI=1S/C15H15NO4S/c1-11-5-3-4-6-14(11)21(19,20)16(2)13-9-7-12(8-10-13)15(17)18/h3-10H,1-2H3,(H,17,18). The lowest BCUT2D eigenvalue weighted by atomic mass is 10.2. The third kappa shape index (κ3) is 2.90. The largest absolute Gasteiger partial charge is 0.478 e. The summed E-state index contributed by atoms with van der Waals surface area (Å²) in [5.74, 6) is -1.05. The molecule has 0 saturated carbocycles. The third-order valence-corrected chi connectivity index (χ3v) is 5.16. The van der Waals surface area contributed by atoms with Crippen molar-refractivity contribution in [2.75, 3.05) is 11.4 Å². The Bertz CT molecular complexity index is 767. The molecule has 0 bridgehead atoms. The SMILES string of the molecule is Cc1ccccc1S(=O)(=O)N(C)c1ccc(C(=O)O)cc1. The van der Waals surface area contributed by atoms with Crippen LogP contribution in [0.4, 0.5) is 5.69 Å². The Balaban J connectivity index is 2.41. The fraction of sp³-hybridized carbons (Fsp3) is 0.133. The molecule has 0 amide bonds. The minimum Gasteiger partial charge on any atom is -0.478 e. The van der Waals surface area contributed by atoms with E-state index in [0.29, 0.717) is 11.3 Å². The van der Waals surface area contributed by atoms with Gasteiger partial charge >= 0.3 is 5.97 Å². The highest BCUT2D eigenvalue weighted by molar-refractivity contribution is 7.92. The van der Waals surface area contributed by atoms with Gasteiger partial charge in [-0.3, -0.25) is 4.31 Å². The maximum Gasteiger partial charge on any atom is 0.335 e. The zero-order chi connectivity index (χ0) is 15.6. The number of sulfonamides is 1. The van der Waals surface area contributed by atoms with E-state index < -0.39 is 16.0 Å². The summed E-state index contributed by atoms with van der Waals surface area (Å²) in [5, 5.41) is 8.86. The zero-order valence-electron chi connectivity index (χ0n) is 11.6. The predicted molar refractivity (Wildman–Crippen MR) is 80.2 cm³/mol. The molecule has 110 valence electrons. The van der Waals surface area contributed by atoms with Gasteiger partial charge in [0, 0.05) is 7.05 Å². The van der Waals surface area contributed by atoms with Gasteiger partial charge in [-0.15, -0.1) is 0 Å². The third-order valence-electron chi connectivity index (χ3n) is 3.21. The molecule has 5 nitrogen and oxygen atoms in total. The van der Waals surface area contributed by atoms with E-state index in [9.17, 15) is 13.2 Å². The predicted octanol–water partition coefficient (Wildman–Crippen LogP) is 2.52. The summed E-state index contributed by atoms with van der Waals surface area (Å²) in [6.07, 6.45) is 0. The molecule has 0 spiro atoms. The van der Waals surface area contributed by atoms with Gasteiger partial charge in [0.1, 0.15) is 0 Å². The smallest absolute Gasteiger partial charge is 0.335 e. The monoisotopic (exact) mass is 305 g/mol. The van der Waals surface area contributed by atoms with Crippen molar-refractivity contribution in [1.29, 1.82) is 0 Å². The molecule has 2 rings (SSSR count). The average Bonchev–Trinajstić information content (AvgIpc) is 2.46. The number of hydrogen-bond acceptors (Lipinski definition) is 3. The molecule has 0 saturated heterocycles. The van der Waals surface area contributed by atoms with Crippen LogP contribution >= 0.6 is 0 Å². The Kier molecular flexibility index (Phi) is 3.99. The molecule has 2 aromatic rings. The van der Waals surface area contributed by atoms with Gasteiger partial charge in [0.2, 0.25) is 0 Å². The van der Waals surface area contributed by atoms with Crippen LogP contribution in [0.5, 0.6) is 0 Å². The quantitative estimate of drug-likeness (QED) is 0.942. The molecule has 1 N–H and O–H groups in total. The fourth-order valence-corrected chi connectivity index (χ4v) is 3.37. The van der Waals surface area contributed by atoms with E-state index >= 15 is 0 Å². The number of benzene rings is 2. The van der Waals surface area contributed by atoms with Crippen molar-refractivity contribution < 1.29 is 18.3 Å². The van der Waals surface area contributed by atoms with Crippen molar-refractivity contribution in [3.63, 3.8) is 0 Å². The van der Waals surface area contributed by atoms with E-state index in [1.165, 1.54) is 31.3 Å². The van der Waals surface area contributed by atoms with Crippen LogP contribution in [0.3, 0.4) is 0 Å². The van der Waals surface area contributed by atoms with E-state index in [1.807, 2.05) is 0 Å². The second-order valence-corrected chi connectivity index (χ2v) is 6.53. The molecule has 0 heterocycles. The van der Waals surface area contributed by atoms with E-state index in [1.54, 1.807) is 31.2 Å². The lowest BCUT2D eigenvalue weighted by molar-refractivity contribution is 0.0697. The number of hydrogen-bond donors (Lipinski definition) is 1. The Morgan fingerprint density at radius 2 is 1.62 bits per heavy atom. The normalized spacial score (nSPS) is 11.1. The highest BCUT2D eigenvalue weighted by atomic mass is 32.2. The molecule has 0 aliphatic carbocycles. The Morgan fingerprint density at radius 3 is 2.14 bits per heavy atom. The van der Waals surface area contributed by atoms with Crippen molar-refractivity contribution in [3.8, 4) is 0 Å². The molecule has 6 heteroatoms. The first kappa shape index (κ1) is 15.1. The number of carboxylic acid groups (broad SMARTS) is 1. The van der Waals surface area contributed by atoms with Crippen LogP contribution < -0.4 is 4.31 Å². The highest BCUT2D eigenvalue weighted by Gasteiger charge is 2.22. The van der Waals surface area contributed by atoms with Gasteiger partial charge in [-0.05, 0) is 42.8 Å². The highest BCUT2D eigenvalue weighted by Crippen LogP contribution is 2.24. The van der Waals surface area contributed by atoms with Gasteiger partial charge in [0.05, 0.1) is 16.1 Å². The number of carboxylic acids is 1. The molecule has 2 aromatic carbocycles. The van der Waals surface area contributed by atoms with Crippen LogP contribution in [-0.2, 0) is 10.0 Å². The molecular formula is C15H15NO4S. The number of anilines is 1. The number of carbonyl (C=O) groups is 1. The van der Waals surface area contributed by atoms with E-state index in [-0.39, 0.29) is 10.5 Å². The Hall–Kier alpha value is -2.34. The Labute approximate surface area is 123 Å². The second kappa shape index (κ2) is 5.57. The molecule has 0 radical (unpaired) electrons. The summed E-state index contributed by atoms with van der Waals surface area (Å²) in [4.78, 5) is 11.0. The number of rotatable bonds is 4. The van der Waals surface area contributed by atoms with Crippen molar-refractivity contribution in [2.45, 2.75) is 11.8 Å². The summed E-state index contributed by atoms with van der Waals surface area (Å²) in [5.41, 5.74) is 1.18. The van der Waals surface area contributed by atoms with E-state index in [4.69, 9.17) is 5.11 Å². The summed E-state index contributed by atoms with van der Waals surface area (Å²) in [7, 11) is -2.23. The molecule has 0 fully saturated rings. The minimum atomic E-state index is -3.67. The number of aryl methyl sites for hydroxylation is 1. The minimum absolute atomic E-state index is 0.112. The van der Waals surface area contributed by atoms with E-state index in [2.05, 4.69) is 0 Å². The lowest BCUT2D eigenvalue weighted by Crippen LogP contribution is -2.27. The molecule has 0 atom stereocenters. The zero-order valence-corrected chi connectivity index (χ0v) is 12.5. The maximum absolute atomic E-state index is 12.6. The van der Waals surface area contributed by atoms with Crippen LogP contribution in [-0.4, -0.2) is 26.5 Å². The molecule has 0 aliphatic rings. The van der Waals surface area contributed by atoms with Crippen molar-refractivity contribution in [1.82, 2.24) is 0 Å². The summed E-state index contributed by atoms with van der Waals surface area (Å²) < 4.78 is 26.3. The first-order valence-electron chi connectivity index (χ1n) is 6.22. The number of aromatic carboxylic acids is 1. The van der Waals surface area contributed by atoms with Crippen LogP contribution in [0.25, 0.3) is 0 Å². The molecule has 21 heavy (non-hydrogen) atoms. The van der Waals surface area contributed by atoms with E-state index in [0.717, 1.165) is 4.31 Å². The van der Waals surface area contributed by atoms with Gasteiger partial charge < -0.3 is 5.11 Å². The first-order valence-corrected chi connectivity index (χ1v) is 7.66. The maximum atomic E-state index is 12.6. The second-order valence-electron chi connectivity index (χ2n) is 4.59. The summed E-state index contributed by atoms with van der Waals surface area (Å²) in [6, 6.07) is 12.4. The topological polar surface area (TPSA) is 74.7 Å². The van der Waals surface area contributed by atoms with Crippen molar-refractivity contribution in [2.24, 2.45) is 0 Å². The van der Waals surface area contributed by atoms with Gasteiger partial charge in [-0.2, -0.15) is 0 Å². The van der Waals surface area contributed by atoms with Crippen LogP contribution in [0.1, 0.15) is 15.9 Å². The lowest BCUT2D eigenvalue weighted by Gasteiger charge is -2.20. The van der Waals surface area contributed by atoms with Gasteiger partial charge in [-0.25, -0.2) is 13.2 Å². The average molecular weight is 305 g/mol. The fourth-order valence-electron chi connectivity index (χ4n) is 1.95. The number of nitrogens with zero attached hydrogens (tertiary/aromatic N) is 1. The van der Waals surface area contributed by atoms with Gasteiger partial charge in [0.25, 0.3) is 10.0 Å². The molecule has 0 unspecified atom stereocenters. The molecule has 0 aromatic heterocycles. The van der Waals surface area contributed by atoms with Crippen LogP contribution in [0, 0.1) is 6.92 Å². The van der Waals surface area contributed by atoms with Crippen molar-refractivity contribution in [3.05, 3.63) is 59.7 Å². The first-order chi connectivity index (χ1) is 9.84. The van der Waals surface area contributed by atoms with Crippen molar-refractivity contribution >= 4 is 21.7 Å².